The third-order valence-electron chi connectivity index (χ3n) is 1.80. The van der Waals surface area contributed by atoms with Crippen molar-refractivity contribution in [3.05, 3.63) is 28.0 Å². The first-order valence-electron chi connectivity index (χ1n) is 3.79. The Morgan fingerprint density at radius 3 is 2.83 bits per heavy atom. The zero-order valence-electron chi connectivity index (χ0n) is 6.98. The number of imidazole rings is 1. The van der Waals surface area contributed by atoms with Gasteiger partial charge in [-0.2, -0.15) is 0 Å². The minimum atomic E-state index is 0.955. The number of aromatic amines is 1. The van der Waals surface area contributed by atoms with Crippen LogP contribution in [0, 0.1) is 13.8 Å². The molecule has 2 aromatic rings. The van der Waals surface area contributed by atoms with Gasteiger partial charge in [-0.3, -0.25) is 0 Å². The largest absolute Gasteiger partial charge is 0.342 e. The van der Waals surface area contributed by atoms with E-state index in [1.54, 1.807) is 0 Å². The highest BCUT2D eigenvalue weighted by atomic mass is 79.9. The van der Waals surface area contributed by atoms with Crippen molar-refractivity contribution in [1.29, 1.82) is 0 Å². The molecule has 0 spiro atoms. The zero-order valence-corrected chi connectivity index (χ0v) is 8.57. The van der Waals surface area contributed by atoms with Crippen LogP contribution in [0.2, 0.25) is 0 Å². The van der Waals surface area contributed by atoms with Crippen molar-refractivity contribution in [3.63, 3.8) is 0 Å². The predicted molar refractivity (Wildman–Crippen MR) is 53.3 cm³/mol. The van der Waals surface area contributed by atoms with Gasteiger partial charge in [0.2, 0.25) is 0 Å². The molecule has 0 bridgehead atoms. The molecule has 0 saturated heterocycles. The van der Waals surface area contributed by atoms with Crippen molar-refractivity contribution in [2.75, 3.05) is 0 Å². The molecule has 0 aliphatic heterocycles. The van der Waals surface area contributed by atoms with E-state index in [1.165, 1.54) is 5.56 Å². The second-order valence-electron chi connectivity index (χ2n) is 2.97. The van der Waals surface area contributed by atoms with E-state index in [1.807, 2.05) is 6.92 Å². The summed E-state index contributed by atoms with van der Waals surface area (Å²) >= 11 is 3.48. The Labute approximate surface area is 79.1 Å². The molecular weight excluding hydrogens is 216 g/mol. The number of aromatic nitrogens is 2. The highest BCUT2D eigenvalue weighted by molar-refractivity contribution is 9.10. The van der Waals surface area contributed by atoms with Crippen molar-refractivity contribution in [2.24, 2.45) is 0 Å². The van der Waals surface area contributed by atoms with Crippen molar-refractivity contribution in [1.82, 2.24) is 9.97 Å². The Balaban J connectivity index is 2.88. The monoisotopic (exact) mass is 224 g/mol. The van der Waals surface area contributed by atoms with Crippen LogP contribution in [-0.4, -0.2) is 9.97 Å². The lowest BCUT2D eigenvalue weighted by Gasteiger charge is -1.94. The third-order valence-corrected chi connectivity index (χ3v) is 2.41. The maximum Gasteiger partial charge on any atom is 0.104 e. The molecule has 2 rings (SSSR count). The Morgan fingerprint density at radius 1 is 1.33 bits per heavy atom. The molecule has 0 unspecified atom stereocenters. The average molecular weight is 225 g/mol. The van der Waals surface area contributed by atoms with Crippen molar-refractivity contribution >= 4 is 27.0 Å². The van der Waals surface area contributed by atoms with Crippen molar-refractivity contribution < 1.29 is 0 Å². The number of hydrogen-bond donors (Lipinski definition) is 1. The molecule has 0 aliphatic carbocycles. The number of aryl methyl sites for hydroxylation is 2. The van der Waals surface area contributed by atoms with E-state index in [4.69, 9.17) is 0 Å². The number of H-pyrrole nitrogens is 1. The van der Waals surface area contributed by atoms with Crippen LogP contribution in [-0.2, 0) is 0 Å². The lowest BCUT2D eigenvalue weighted by atomic mass is 10.2. The second-order valence-corrected chi connectivity index (χ2v) is 3.82. The van der Waals surface area contributed by atoms with Gasteiger partial charge in [0.25, 0.3) is 0 Å². The minimum absolute atomic E-state index is 0.955. The van der Waals surface area contributed by atoms with E-state index >= 15 is 0 Å². The summed E-state index contributed by atoms with van der Waals surface area (Å²) < 4.78 is 1.06. The molecule has 1 aromatic heterocycles. The van der Waals surface area contributed by atoms with E-state index in [9.17, 15) is 0 Å². The summed E-state index contributed by atoms with van der Waals surface area (Å²) in [5, 5.41) is 0. The summed E-state index contributed by atoms with van der Waals surface area (Å²) in [4.78, 5) is 7.55. The van der Waals surface area contributed by atoms with E-state index in [2.05, 4.69) is 45.0 Å². The van der Waals surface area contributed by atoms with E-state index < -0.39 is 0 Å². The average Bonchev–Trinajstić information content (AvgIpc) is 2.29. The number of benzene rings is 1. The Morgan fingerprint density at radius 2 is 2.08 bits per heavy atom. The van der Waals surface area contributed by atoms with Crippen LogP contribution in [0.4, 0.5) is 0 Å². The summed E-state index contributed by atoms with van der Waals surface area (Å²) in [7, 11) is 0. The van der Waals surface area contributed by atoms with Crippen LogP contribution in [0.15, 0.2) is 16.6 Å². The number of fused-ring (bicyclic) bond motifs is 1. The third kappa shape index (κ3) is 1.14. The molecule has 2 nitrogen and oxygen atoms in total. The summed E-state index contributed by atoms with van der Waals surface area (Å²) in [5.74, 6) is 0.955. The molecule has 62 valence electrons. The molecule has 0 amide bonds. The van der Waals surface area contributed by atoms with Gasteiger partial charge in [0.15, 0.2) is 0 Å². The topological polar surface area (TPSA) is 28.7 Å². The van der Waals surface area contributed by atoms with Crippen LogP contribution >= 0.6 is 15.9 Å². The lowest BCUT2D eigenvalue weighted by molar-refractivity contribution is 1.17. The molecule has 1 N–H and O–H groups in total. The maximum atomic E-state index is 4.35. The first-order chi connectivity index (χ1) is 5.66. The van der Waals surface area contributed by atoms with Crippen molar-refractivity contribution in [3.8, 4) is 0 Å². The van der Waals surface area contributed by atoms with Gasteiger partial charge in [0.1, 0.15) is 11.3 Å². The maximum absolute atomic E-state index is 4.35. The lowest BCUT2D eigenvalue weighted by Crippen LogP contribution is -1.75. The fourth-order valence-corrected chi connectivity index (χ4v) is 2.00. The summed E-state index contributed by atoms with van der Waals surface area (Å²) in [6.45, 7) is 4.03. The summed E-state index contributed by atoms with van der Waals surface area (Å²) in [6.07, 6.45) is 0. The fourth-order valence-electron chi connectivity index (χ4n) is 1.33. The van der Waals surface area contributed by atoms with Gasteiger partial charge < -0.3 is 4.98 Å². The Bertz CT molecular complexity index is 431. The van der Waals surface area contributed by atoms with Crippen LogP contribution in [0.1, 0.15) is 11.4 Å². The molecule has 3 heteroatoms. The van der Waals surface area contributed by atoms with Gasteiger partial charge in [-0.1, -0.05) is 0 Å². The first kappa shape index (κ1) is 7.80. The van der Waals surface area contributed by atoms with Crippen LogP contribution in [0.25, 0.3) is 11.0 Å². The Hall–Kier alpha value is -0.830. The zero-order chi connectivity index (χ0) is 8.72. The molecule has 0 saturated carbocycles. The van der Waals surface area contributed by atoms with Gasteiger partial charge in [-0.05, 0) is 47.5 Å². The molecule has 0 fully saturated rings. The molecule has 0 radical (unpaired) electrons. The van der Waals surface area contributed by atoms with Crippen LogP contribution in [0.5, 0.6) is 0 Å². The number of nitrogens with one attached hydrogen (secondary N) is 1. The van der Waals surface area contributed by atoms with E-state index in [0.717, 1.165) is 21.3 Å². The summed E-state index contributed by atoms with van der Waals surface area (Å²) in [5.41, 5.74) is 3.34. The second kappa shape index (κ2) is 2.59. The van der Waals surface area contributed by atoms with Gasteiger partial charge in [0.05, 0.1) is 5.52 Å². The first-order valence-corrected chi connectivity index (χ1v) is 4.58. The Kier molecular flexibility index (Phi) is 1.68. The molecule has 1 aromatic carbocycles. The highest BCUT2D eigenvalue weighted by Crippen LogP contribution is 2.23. The number of nitrogens with zero attached hydrogens (tertiary/aromatic N) is 1. The fraction of sp³-hybridized carbons (Fsp3) is 0.222. The highest BCUT2D eigenvalue weighted by Gasteiger charge is 2.03. The quantitative estimate of drug-likeness (QED) is 0.733. The molecule has 1 heterocycles. The van der Waals surface area contributed by atoms with Gasteiger partial charge >= 0.3 is 0 Å². The normalized spacial score (nSPS) is 10.9. The number of hydrogen-bond acceptors (Lipinski definition) is 1. The van der Waals surface area contributed by atoms with Gasteiger partial charge in [-0.25, -0.2) is 4.98 Å². The van der Waals surface area contributed by atoms with E-state index in [-0.39, 0.29) is 0 Å². The van der Waals surface area contributed by atoms with Crippen LogP contribution in [0.3, 0.4) is 0 Å². The minimum Gasteiger partial charge on any atom is -0.342 e. The van der Waals surface area contributed by atoms with E-state index in [0.29, 0.717) is 0 Å². The molecule has 12 heavy (non-hydrogen) atoms. The van der Waals surface area contributed by atoms with Gasteiger partial charge in [-0.15, -0.1) is 0 Å². The number of rotatable bonds is 0. The smallest absolute Gasteiger partial charge is 0.104 e. The molecule has 0 aliphatic rings. The molecular formula is C9H9BrN2. The van der Waals surface area contributed by atoms with Crippen LogP contribution < -0.4 is 0 Å². The summed E-state index contributed by atoms with van der Waals surface area (Å²) in [6, 6.07) is 4.17. The number of halogens is 1. The van der Waals surface area contributed by atoms with Crippen molar-refractivity contribution in [2.45, 2.75) is 13.8 Å². The molecule has 0 atom stereocenters. The predicted octanol–water partition coefficient (Wildman–Crippen LogP) is 2.94. The standard InChI is InChI=1S/C9H9BrN2/c1-5-3-7(10)9-8(4-5)11-6(2)12-9/h3-4H,1-2H3,(H,11,12). The SMILES string of the molecule is Cc1cc(Br)c2nc(C)[nH]c2c1. The van der Waals surface area contributed by atoms with Gasteiger partial charge in [0, 0.05) is 4.47 Å².